The average Bonchev–Trinajstić information content (AvgIpc) is 2.76. The third kappa shape index (κ3) is 9.46. The highest BCUT2D eigenvalue weighted by Crippen LogP contribution is 2.20. The smallest absolute Gasteiger partial charge is 0.258 e. The maximum atomic E-state index is 13.4. The number of carbonyl (C=O) groups excluding carboxylic acids is 2. The quantitative estimate of drug-likeness (QED) is 0.403. The zero-order valence-corrected chi connectivity index (χ0v) is 19.2. The molecular weight excluding hydrogens is 453 g/mol. The number of halogens is 2. The standard InChI is InChI=1S/C23H27ClFN3O5/c1-4-16(28-23(31)13-32-18-5-6-20(24)21(25)10-18)9-17(29)11-26-22(30)12-33-19-7-14(2)27-15(3)8-19/h4-8,10,16-17,29H,1,9,11-13H2,2-3H3,(H,26,30)(H,28,31)/t16?,17-/m0/s1. The first-order chi connectivity index (χ1) is 15.7. The summed E-state index contributed by atoms with van der Waals surface area (Å²) in [5, 5.41) is 15.3. The number of ether oxygens (including phenoxy) is 2. The number of hydrogen-bond donors (Lipinski definition) is 3. The maximum Gasteiger partial charge on any atom is 0.258 e. The summed E-state index contributed by atoms with van der Waals surface area (Å²) in [7, 11) is 0. The summed E-state index contributed by atoms with van der Waals surface area (Å²) in [6, 6.07) is 6.73. The van der Waals surface area contributed by atoms with Crippen LogP contribution in [-0.4, -0.2) is 53.8 Å². The molecule has 3 N–H and O–H groups in total. The van der Waals surface area contributed by atoms with E-state index in [0.717, 1.165) is 17.5 Å². The highest BCUT2D eigenvalue weighted by atomic mass is 35.5. The van der Waals surface area contributed by atoms with Crippen LogP contribution >= 0.6 is 11.6 Å². The third-order valence-corrected chi connectivity index (χ3v) is 4.68. The van der Waals surface area contributed by atoms with E-state index in [9.17, 15) is 19.1 Å². The summed E-state index contributed by atoms with van der Waals surface area (Å²) in [5.41, 5.74) is 1.56. The molecule has 0 aliphatic heterocycles. The number of aliphatic hydroxyl groups is 1. The van der Waals surface area contributed by atoms with Gasteiger partial charge in [-0.3, -0.25) is 14.6 Å². The Morgan fingerprint density at radius 2 is 1.79 bits per heavy atom. The predicted molar refractivity (Wildman–Crippen MR) is 122 cm³/mol. The Morgan fingerprint density at radius 1 is 1.15 bits per heavy atom. The van der Waals surface area contributed by atoms with Crippen molar-refractivity contribution < 1.29 is 28.6 Å². The lowest BCUT2D eigenvalue weighted by atomic mass is 10.1. The molecule has 2 rings (SSSR count). The minimum Gasteiger partial charge on any atom is -0.484 e. The number of amides is 2. The largest absolute Gasteiger partial charge is 0.484 e. The van der Waals surface area contributed by atoms with E-state index in [1.807, 2.05) is 13.8 Å². The van der Waals surface area contributed by atoms with E-state index in [0.29, 0.717) is 5.75 Å². The molecule has 1 aromatic heterocycles. The minimum absolute atomic E-state index is 0.0304. The number of hydrogen-bond acceptors (Lipinski definition) is 6. The van der Waals surface area contributed by atoms with Gasteiger partial charge in [0.05, 0.1) is 11.1 Å². The van der Waals surface area contributed by atoms with E-state index in [1.54, 1.807) is 12.1 Å². The van der Waals surface area contributed by atoms with Gasteiger partial charge in [-0.1, -0.05) is 17.7 Å². The van der Waals surface area contributed by atoms with Crippen LogP contribution in [0.15, 0.2) is 43.0 Å². The number of aliphatic hydroxyl groups excluding tert-OH is 1. The fourth-order valence-electron chi connectivity index (χ4n) is 2.87. The van der Waals surface area contributed by atoms with Crippen LogP contribution in [-0.2, 0) is 9.59 Å². The van der Waals surface area contributed by atoms with Crippen LogP contribution in [0.25, 0.3) is 0 Å². The lowest BCUT2D eigenvalue weighted by Gasteiger charge is -2.19. The summed E-state index contributed by atoms with van der Waals surface area (Å²) in [5.74, 6) is -0.843. The number of rotatable bonds is 12. The molecule has 0 fully saturated rings. The second-order valence-corrected chi connectivity index (χ2v) is 7.75. The Kier molecular flexibility index (Phi) is 10.1. The minimum atomic E-state index is -0.936. The maximum absolute atomic E-state index is 13.4. The van der Waals surface area contributed by atoms with Crippen LogP contribution in [0, 0.1) is 19.7 Å². The second-order valence-electron chi connectivity index (χ2n) is 7.34. The van der Waals surface area contributed by atoms with Crippen molar-refractivity contribution in [1.29, 1.82) is 0 Å². The molecule has 178 valence electrons. The summed E-state index contributed by atoms with van der Waals surface area (Å²) in [6.07, 6.45) is 0.644. The Balaban J connectivity index is 1.70. The molecule has 0 bridgehead atoms. The van der Waals surface area contributed by atoms with Crippen molar-refractivity contribution >= 4 is 23.4 Å². The number of nitrogens with zero attached hydrogens (tertiary/aromatic N) is 1. The molecule has 8 nitrogen and oxygen atoms in total. The number of carbonyl (C=O) groups is 2. The number of benzene rings is 1. The first kappa shape index (κ1) is 26.1. The molecule has 0 radical (unpaired) electrons. The highest BCUT2D eigenvalue weighted by molar-refractivity contribution is 6.30. The van der Waals surface area contributed by atoms with Gasteiger partial charge in [-0.05, 0) is 32.4 Å². The van der Waals surface area contributed by atoms with E-state index in [4.69, 9.17) is 21.1 Å². The van der Waals surface area contributed by atoms with Crippen LogP contribution in [0.3, 0.4) is 0 Å². The summed E-state index contributed by atoms with van der Waals surface area (Å²) in [6.45, 7) is 6.70. The van der Waals surface area contributed by atoms with Crippen LogP contribution < -0.4 is 20.1 Å². The molecule has 0 aliphatic carbocycles. The molecule has 1 aromatic carbocycles. The fraction of sp³-hybridized carbons (Fsp3) is 0.348. The third-order valence-electron chi connectivity index (χ3n) is 4.38. The lowest BCUT2D eigenvalue weighted by Crippen LogP contribution is -2.42. The topological polar surface area (TPSA) is 110 Å². The molecule has 0 spiro atoms. The van der Waals surface area contributed by atoms with Crippen LogP contribution in [0.2, 0.25) is 5.02 Å². The molecule has 0 saturated carbocycles. The van der Waals surface area contributed by atoms with E-state index < -0.39 is 29.8 Å². The molecule has 0 aliphatic rings. The predicted octanol–water partition coefficient (Wildman–Crippen LogP) is 2.49. The van der Waals surface area contributed by atoms with Gasteiger partial charge in [0.1, 0.15) is 17.3 Å². The monoisotopic (exact) mass is 479 g/mol. The van der Waals surface area contributed by atoms with Gasteiger partial charge in [0.15, 0.2) is 13.2 Å². The van der Waals surface area contributed by atoms with Crippen molar-refractivity contribution in [1.82, 2.24) is 15.6 Å². The van der Waals surface area contributed by atoms with Gasteiger partial charge in [-0.15, -0.1) is 6.58 Å². The molecule has 1 heterocycles. The molecule has 0 saturated heterocycles. The fourth-order valence-corrected chi connectivity index (χ4v) is 2.98. The molecule has 33 heavy (non-hydrogen) atoms. The highest BCUT2D eigenvalue weighted by Gasteiger charge is 2.16. The van der Waals surface area contributed by atoms with E-state index in [2.05, 4.69) is 22.2 Å². The van der Waals surface area contributed by atoms with Crippen molar-refractivity contribution in [3.8, 4) is 11.5 Å². The summed E-state index contributed by atoms with van der Waals surface area (Å²) >= 11 is 5.60. The van der Waals surface area contributed by atoms with E-state index in [1.165, 1.54) is 18.2 Å². The molecule has 2 amide bonds. The second kappa shape index (κ2) is 12.8. The number of nitrogens with one attached hydrogen (secondary N) is 2. The average molecular weight is 480 g/mol. The van der Waals surface area contributed by atoms with Crippen molar-refractivity contribution in [3.05, 3.63) is 65.2 Å². The lowest BCUT2D eigenvalue weighted by molar-refractivity contribution is -0.124. The van der Waals surface area contributed by atoms with E-state index >= 15 is 0 Å². The van der Waals surface area contributed by atoms with Crippen molar-refractivity contribution in [2.24, 2.45) is 0 Å². The Hall–Kier alpha value is -3.17. The summed E-state index contributed by atoms with van der Waals surface area (Å²) in [4.78, 5) is 28.3. The van der Waals surface area contributed by atoms with Crippen molar-refractivity contribution in [2.75, 3.05) is 19.8 Å². The van der Waals surface area contributed by atoms with E-state index in [-0.39, 0.29) is 37.0 Å². The number of aryl methyl sites for hydroxylation is 2. The molecule has 1 unspecified atom stereocenters. The first-order valence-corrected chi connectivity index (χ1v) is 10.6. The zero-order valence-electron chi connectivity index (χ0n) is 18.4. The van der Waals surface area contributed by atoms with Gasteiger partial charge < -0.3 is 25.2 Å². The molecule has 2 aromatic rings. The van der Waals surface area contributed by atoms with Crippen LogP contribution in [0.5, 0.6) is 11.5 Å². The Labute approximate surface area is 196 Å². The Morgan fingerprint density at radius 3 is 2.42 bits per heavy atom. The van der Waals surface area contributed by atoms with Gasteiger partial charge >= 0.3 is 0 Å². The molecular formula is C23H27ClFN3O5. The summed E-state index contributed by atoms with van der Waals surface area (Å²) < 4.78 is 24.1. The first-order valence-electron chi connectivity index (χ1n) is 10.2. The normalized spacial score (nSPS) is 12.4. The van der Waals surface area contributed by atoms with Crippen LogP contribution in [0.4, 0.5) is 4.39 Å². The Bertz CT molecular complexity index is 968. The molecule has 10 heteroatoms. The van der Waals surface area contributed by atoms with Gasteiger partial charge in [0.25, 0.3) is 11.8 Å². The van der Waals surface area contributed by atoms with Crippen molar-refractivity contribution in [3.63, 3.8) is 0 Å². The molecule has 2 atom stereocenters. The SMILES string of the molecule is C=CC(C[C@H](O)CNC(=O)COc1cc(C)nc(C)c1)NC(=O)COc1ccc(Cl)c(F)c1. The van der Waals surface area contributed by atoms with Gasteiger partial charge in [-0.2, -0.15) is 0 Å². The zero-order chi connectivity index (χ0) is 24.4. The number of pyridine rings is 1. The van der Waals surface area contributed by atoms with Gasteiger partial charge in [0.2, 0.25) is 0 Å². The van der Waals surface area contributed by atoms with Gasteiger partial charge in [0, 0.05) is 42.2 Å². The van der Waals surface area contributed by atoms with Crippen molar-refractivity contribution in [2.45, 2.75) is 32.4 Å². The van der Waals surface area contributed by atoms with Crippen LogP contribution in [0.1, 0.15) is 17.8 Å². The number of aromatic nitrogens is 1. The van der Waals surface area contributed by atoms with Gasteiger partial charge in [-0.25, -0.2) is 4.39 Å².